The lowest BCUT2D eigenvalue weighted by Gasteiger charge is -2.39. The average Bonchev–Trinajstić information content (AvgIpc) is 2.24. The van der Waals surface area contributed by atoms with Crippen LogP contribution < -0.4 is 5.32 Å². The first-order valence-corrected chi connectivity index (χ1v) is 5.83. The predicted molar refractivity (Wildman–Crippen MR) is 62.6 cm³/mol. The zero-order chi connectivity index (χ0) is 10.7. The molecule has 1 aromatic heterocycles. The third-order valence-corrected chi connectivity index (χ3v) is 3.60. The van der Waals surface area contributed by atoms with E-state index < -0.39 is 0 Å². The average molecular weight is 204 g/mol. The molecule has 0 bridgehead atoms. The summed E-state index contributed by atoms with van der Waals surface area (Å²) in [6.07, 6.45) is 7.88. The van der Waals surface area contributed by atoms with E-state index in [2.05, 4.69) is 36.3 Å². The maximum Gasteiger partial charge on any atom is 0.0293 e. The highest BCUT2D eigenvalue weighted by atomic mass is 14.9. The van der Waals surface area contributed by atoms with Crippen molar-refractivity contribution < 1.29 is 0 Å². The van der Waals surface area contributed by atoms with E-state index >= 15 is 0 Å². The molecule has 1 saturated carbocycles. The van der Waals surface area contributed by atoms with Crippen molar-refractivity contribution in [2.45, 2.75) is 39.2 Å². The summed E-state index contributed by atoms with van der Waals surface area (Å²) >= 11 is 0. The molecule has 0 aromatic carbocycles. The van der Waals surface area contributed by atoms with Gasteiger partial charge >= 0.3 is 0 Å². The summed E-state index contributed by atoms with van der Waals surface area (Å²) in [5.41, 5.74) is 1.88. The van der Waals surface area contributed by atoms with Crippen LogP contribution in [0.15, 0.2) is 24.5 Å². The highest BCUT2D eigenvalue weighted by molar-refractivity contribution is 5.14. The summed E-state index contributed by atoms with van der Waals surface area (Å²) in [6.45, 7) is 5.73. The maximum atomic E-state index is 4.04. The molecule has 0 saturated heterocycles. The highest BCUT2D eigenvalue weighted by Gasteiger charge is 2.31. The Kier molecular flexibility index (Phi) is 3.06. The van der Waals surface area contributed by atoms with Gasteiger partial charge in [-0.15, -0.1) is 0 Å². The summed E-state index contributed by atoms with van der Waals surface area (Å²) in [4.78, 5) is 4.04. The topological polar surface area (TPSA) is 24.9 Å². The first kappa shape index (κ1) is 10.6. The highest BCUT2D eigenvalue weighted by Crippen LogP contribution is 2.39. The van der Waals surface area contributed by atoms with Gasteiger partial charge in [-0.05, 0) is 42.9 Å². The van der Waals surface area contributed by atoms with Crippen LogP contribution in [-0.2, 0) is 0 Å². The van der Waals surface area contributed by atoms with E-state index in [1.807, 2.05) is 12.4 Å². The van der Waals surface area contributed by atoms with E-state index in [0.717, 1.165) is 6.54 Å². The van der Waals surface area contributed by atoms with E-state index in [1.165, 1.54) is 24.8 Å². The van der Waals surface area contributed by atoms with Crippen molar-refractivity contribution in [2.75, 3.05) is 6.54 Å². The molecule has 15 heavy (non-hydrogen) atoms. The minimum atomic E-state index is 0.436. The summed E-state index contributed by atoms with van der Waals surface area (Å²) in [5.74, 6) is 0. The van der Waals surface area contributed by atoms with Crippen LogP contribution in [0.2, 0.25) is 0 Å². The van der Waals surface area contributed by atoms with E-state index in [4.69, 9.17) is 0 Å². The molecular weight excluding hydrogens is 184 g/mol. The predicted octanol–water partition coefficient (Wildman–Crippen LogP) is 2.92. The number of nitrogens with zero attached hydrogens (tertiary/aromatic N) is 1. The molecule has 82 valence electrons. The van der Waals surface area contributed by atoms with Gasteiger partial charge in [0.1, 0.15) is 0 Å². The van der Waals surface area contributed by atoms with Crippen LogP contribution in [0.4, 0.5) is 0 Å². The van der Waals surface area contributed by atoms with E-state index in [0.29, 0.717) is 11.5 Å². The Morgan fingerprint density at radius 1 is 1.40 bits per heavy atom. The van der Waals surface area contributed by atoms with Crippen LogP contribution in [0.3, 0.4) is 0 Å². The summed E-state index contributed by atoms with van der Waals surface area (Å²) in [6, 6.07) is 4.60. The molecular formula is C13H20N2. The van der Waals surface area contributed by atoms with Gasteiger partial charge in [0.15, 0.2) is 0 Å². The summed E-state index contributed by atoms with van der Waals surface area (Å²) < 4.78 is 0. The molecule has 1 aliphatic carbocycles. The normalized spacial score (nSPS) is 20.7. The van der Waals surface area contributed by atoms with Gasteiger partial charge in [0.05, 0.1) is 0 Å². The van der Waals surface area contributed by atoms with Gasteiger partial charge in [-0.1, -0.05) is 13.3 Å². The van der Waals surface area contributed by atoms with Gasteiger partial charge in [-0.2, -0.15) is 0 Å². The Morgan fingerprint density at radius 3 is 2.60 bits per heavy atom. The van der Waals surface area contributed by atoms with Gasteiger partial charge < -0.3 is 5.32 Å². The van der Waals surface area contributed by atoms with Crippen molar-refractivity contribution in [2.24, 2.45) is 5.41 Å². The van der Waals surface area contributed by atoms with Crippen LogP contribution in [0, 0.1) is 5.41 Å². The fraction of sp³-hybridized carbons (Fsp3) is 0.615. The number of pyridine rings is 1. The third kappa shape index (κ3) is 2.57. The van der Waals surface area contributed by atoms with Gasteiger partial charge in [0.25, 0.3) is 0 Å². The minimum Gasteiger partial charge on any atom is -0.310 e. The Bertz CT molecular complexity index is 304. The molecule has 0 radical (unpaired) electrons. The molecule has 2 rings (SSSR count). The van der Waals surface area contributed by atoms with Gasteiger partial charge in [0.2, 0.25) is 0 Å². The first-order chi connectivity index (χ1) is 7.20. The molecule has 1 heterocycles. The number of hydrogen-bond acceptors (Lipinski definition) is 2. The maximum absolute atomic E-state index is 4.04. The Balaban J connectivity index is 1.85. The number of aromatic nitrogens is 1. The zero-order valence-corrected chi connectivity index (χ0v) is 9.66. The summed E-state index contributed by atoms with van der Waals surface area (Å²) in [7, 11) is 0. The van der Waals surface area contributed by atoms with Crippen molar-refractivity contribution in [3.05, 3.63) is 30.1 Å². The lowest BCUT2D eigenvalue weighted by molar-refractivity contribution is 0.152. The zero-order valence-electron chi connectivity index (χ0n) is 9.66. The smallest absolute Gasteiger partial charge is 0.0293 e. The molecule has 2 nitrogen and oxygen atoms in total. The van der Waals surface area contributed by atoms with Crippen LogP contribution in [0.1, 0.15) is 44.7 Å². The van der Waals surface area contributed by atoms with E-state index in [-0.39, 0.29) is 0 Å². The molecule has 1 atom stereocenters. The van der Waals surface area contributed by atoms with Crippen molar-refractivity contribution in [3.63, 3.8) is 0 Å². The fourth-order valence-corrected chi connectivity index (χ4v) is 2.13. The molecule has 1 fully saturated rings. The molecule has 1 aromatic rings. The lowest BCUT2D eigenvalue weighted by atomic mass is 9.70. The standard InChI is InChI=1S/C13H20N2/c1-11(12-4-8-14-9-5-12)15-10-13(2)6-3-7-13/h4-5,8-9,11,15H,3,6-7,10H2,1-2H3. The van der Waals surface area contributed by atoms with Crippen LogP contribution in [0.5, 0.6) is 0 Å². The second-order valence-electron chi connectivity index (χ2n) is 5.05. The molecule has 1 unspecified atom stereocenters. The van der Waals surface area contributed by atoms with Crippen molar-refractivity contribution in [1.82, 2.24) is 10.3 Å². The molecule has 0 aliphatic heterocycles. The number of rotatable bonds is 4. The quantitative estimate of drug-likeness (QED) is 0.815. The first-order valence-electron chi connectivity index (χ1n) is 5.83. The van der Waals surface area contributed by atoms with Gasteiger partial charge in [0, 0.05) is 25.0 Å². The molecule has 0 amide bonds. The Labute approximate surface area is 92.1 Å². The molecule has 0 spiro atoms. The fourth-order valence-electron chi connectivity index (χ4n) is 2.13. The van der Waals surface area contributed by atoms with Gasteiger partial charge in [-0.25, -0.2) is 0 Å². The monoisotopic (exact) mass is 204 g/mol. The second kappa shape index (κ2) is 4.31. The minimum absolute atomic E-state index is 0.436. The van der Waals surface area contributed by atoms with Crippen molar-refractivity contribution in [1.29, 1.82) is 0 Å². The molecule has 1 N–H and O–H groups in total. The number of hydrogen-bond donors (Lipinski definition) is 1. The third-order valence-electron chi connectivity index (χ3n) is 3.60. The van der Waals surface area contributed by atoms with E-state index in [1.54, 1.807) is 0 Å². The SMILES string of the molecule is CC(NCC1(C)CCC1)c1ccncc1. The Hall–Kier alpha value is -0.890. The second-order valence-corrected chi connectivity index (χ2v) is 5.05. The summed E-state index contributed by atoms with van der Waals surface area (Å²) in [5, 5.41) is 3.61. The van der Waals surface area contributed by atoms with E-state index in [9.17, 15) is 0 Å². The van der Waals surface area contributed by atoms with Crippen LogP contribution in [0.25, 0.3) is 0 Å². The largest absolute Gasteiger partial charge is 0.310 e. The van der Waals surface area contributed by atoms with Crippen LogP contribution in [-0.4, -0.2) is 11.5 Å². The van der Waals surface area contributed by atoms with Gasteiger partial charge in [-0.3, -0.25) is 4.98 Å². The lowest BCUT2D eigenvalue weighted by Crippen LogP contribution is -2.38. The van der Waals surface area contributed by atoms with Crippen LogP contribution >= 0.6 is 0 Å². The van der Waals surface area contributed by atoms with Crippen molar-refractivity contribution in [3.8, 4) is 0 Å². The molecule has 1 aliphatic rings. The molecule has 2 heteroatoms. The number of nitrogens with one attached hydrogen (secondary N) is 1. The Morgan fingerprint density at radius 2 is 2.07 bits per heavy atom. The van der Waals surface area contributed by atoms with Crippen molar-refractivity contribution >= 4 is 0 Å².